The van der Waals surface area contributed by atoms with Crippen LogP contribution in [0.15, 0.2) is 0 Å². The van der Waals surface area contributed by atoms with E-state index in [0.29, 0.717) is 18.3 Å². The van der Waals surface area contributed by atoms with Crippen molar-refractivity contribution in [2.45, 2.75) is 38.6 Å². The standard InChI is InChI=1S/C9H16ClNO/c1-7(6-8-2-3-8)11-9(12)4-5-10/h7-8H,2-6H2,1H3,(H,11,12). The minimum Gasteiger partial charge on any atom is -0.354 e. The molecule has 12 heavy (non-hydrogen) atoms. The molecule has 1 fully saturated rings. The van der Waals surface area contributed by atoms with Gasteiger partial charge in [0.25, 0.3) is 0 Å². The maximum Gasteiger partial charge on any atom is 0.221 e. The van der Waals surface area contributed by atoms with E-state index >= 15 is 0 Å². The summed E-state index contributed by atoms with van der Waals surface area (Å²) in [6.45, 7) is 2.06. The molecule has 3 heteroatoms. The van der Waals surface area contributed by atoms with Crippen molar-refractivity contribution < 1.29 is 4.79 Å². The molecule has 1 N–H and O–H groups in total. The van der Waals surface area contributed by atoms with Crippen molar-refractivity contribution in [2.75, 3.05) is 5.88 Å². The molecule has 0 aromatic heterocycles. The van der Waals surface area contributed by atoms with Gasteiger partial charge in [-0.15, -0.1) is 11.6 Å². The van der Waals surface area contributed by atoms with Crippen LogP contribution < -0.4 is 5.32 Å². The molecule has 2 nitrogen and oxygen atoms in total. The van der Waals surface area contributed by atoms with Crippen LogP contribution in [0.25, 0.3) is 0 Å². The summed E-state index contributed by atoms with van der Waals surface area (Å²) in [6.07, 6.45) is 4.26. The van der Waals surface area contributed by atoms with Crippen LogP contribution in [0.3, 0.4) is 0 Å². The molecule has 0 radical (unpaired) electrons. The van der Waals surface area contributed by atoms with Crippen molar-refractivity contribution in [3.8, 4) is 0 Å². The molecule has 0 aliphatic heterocycles. The molecule has 1 rings (SSSR count). The van der Waals surface area contributed by atoms with Crippen LogP contribution in [0, 0.1) is 5.92 Å². The fraction of sp³-hybridized carbons (Fsp3) is 0.889. The third-order valence-corrected chi connectivity index (χ3v) is 2.30. The minimum absolute atomic E-state index is 0.0816. The summed E-state index contributed by atoms with van der Waals surface area (Å²) >= 11 is 5.44. The van der Waals surface area contributed by atoms with Crippen LogP contribution in [0.4, 0.5) is 0 Å². The molecule has 1 atom stereocenters. The van der Waals surface area contributed by atoms with E-state index in [-0.39, 0.29) is 5.91 Å². The fourth-order valence-electron chi connectivity index (χ4n) is 1.35. The Kier molecular flexibility index (Phi) is 3.86. The van der Waals surface area contributed by atoms with Crippen molar-refractivity contribution in [3.63, 3.8) is 0 Å². The predicted molar refractivity (Wildman–Crippen MR) is 50.3 cm³/mol. The first-order valence-electron chi connectivity index (χ1n) is 4.57. The van der Waals surface area contributed by atoms with Crippen molar-refractivity contribution in [1.82, 2.24) is 5.32 Å². The largest absolute Gasteiger partial charge is 0.354 e. The van der Waals surface area contributed by atoms with Gasteiger partial charge in [-0.25, -0.2) is 0 Å². The van der Waals surface area contributed by atoms with Crippen LogP contribution >= 0.6 is 11.6 Å². The molecule has 0 aromatic carbocycles. The Morgan fingerprint density at radius 3 is 2.83 bits per heavy atom. The molecule has 0 aromatic rings. The van der Waals surface area contributed by atoms with Crippen molar-refractivity contribution in [3.05, 3.63) is 0 Å². The average molecular weight is 190 g/mol. The zero-order chi connectivity index (χ0) is 8.97. The smallest absolute Gasteiger partial charge is 0.221 e. The van der Waals surface area contributed by atoms with Gasteiger partial charge in [0.15, 0.2) is 0 Å². The minimum atomic E-state index is 0.0816. The quantitative estimate of drug-likeness (QED) is 0.658. The van der Waals surface area contributed by atoms with Gasteiger partial charge in [0.2, 0.25) is 5.91 Å². The summed E-state index contributed by atoms with van der Waals surface area (Å²) < 4.78 is 0. The zero-order valence-corrected chi connectivity index (χ0v) is 8.23. The normalized spacial score (nSPS) is 18.8. The Hall–Kier alpha value is -0.240. The number of hydrogen-bond donors (Lipinski definition) is 1. The third-order valence-electron chi connectivity index (χ3n) is 2.11. The highest BCUT2D eigenvalue weighted by Gasteiger charge is 2.23. The van der Waals surface area contributed by atoms with Crippen LogP contribution in [-0.2, 0) is 4.79 Å². The van der Waals surface area contributed by atoms with Crippen molar-refractivity contribution >= 4 is 17.5 Å². The van der Waals surface area contributed by atoms with E-state index in [2.05, 4.69) is 12.2 Å². The van der Waals surface area contributed by atoms with Crippen LogP contribution in [0.5, 0.6) is 0 Å². The highest BCUT2D eigenvalue weighted by atomic mass is 35.5. The molecular formula is C9H16ClNO. The maximum atomic E-state index is 11.1. The van der Waals surface area contributed by atoms with Crippen LogP contribution in [-0.4, -0.2) is 17.8 Å². The second-order valence-corrected chi connectivity index (χ2v) is 3.96. The first-order chi connectivity index (χ1) is 5.72. The molecule has 1 saturated carbocycles. The number of rotatable bonds is 5. The summed E-state index contributed by atoms with van der Waals surface area (Å²) in [5, 5.41) is 2.93. The molecular weight excluding hydrogens is 174 g/mol. The van der Waals surface area contributed by atoms with Crippen LogP contribution in [0.1, 0.15) is 32.6 Å². The lowest BCUT2D eigenvalue weighted by Gasteiger charge is -2.12. The average Bonchev–Trinajstić information content (AvgIpc) is 2.71. The summed E-state index contributed by atoms with van der Waals surface area (Å²) in [4.78, 5) is 11.1. The van der Waals surface area contributed by atoms with Gasteiger partial charge in [-0.2, -0.15) is 0 Å². The van der Waals surface area contributed by atoms with Crippen molar-refractivity contribution in [1.29, 1.82) is 0 Å². The van der Waals surface area contributed by atoms with Gasteiger partial charge in [0.1, 0.15) is 0 Å². The van der Waals surface area contributed by atoms with E-state index in [1.807, 2.05) is 0 Å². The summed E-state index contributed by atoms with van der Waals surface area (Å²) in [5.41, 5.74) is 0. The summed E-state index contributed by atoms with van der Waals surface area (Å²) in [7, 11) is 0. The number of hydrogen-bond acceptors (Lipinski definition) is 1. The van der Waals surface area contributed by atoms with Gasteiger partial charge in [0.05, 0.1) is 0 Å². The molecule has 1 aliphatic carbocycles. The first kappa shape index (κ1) is 9.85. The fourth-order valence-corrected chi connectivity index (χ4v) is 1.52. The summed E-state index contributed by atoms with van der Waals surface area (Å²) in [5.74, 6) is 1.37. The van der Waals surface area contributed by atoms with E-state index < -0.39 is 0 Å². The predicted octanol–water partition coefficient (Wildman–Crippen LogP) is 1.92. The topological polar surface area (TPSA) is 29.1 Å². The Bertz CT molecular complexity index is 157. The van der Waals surface area contributed by atoms with E-state index in [9.17, 15) is 4.79 Å². The number of alkyl halides is 1. The van der Waals surface area contributed by atoms with Gasteiger partial charge in [-0.1, -0.05) is 12.8 Å². The molecule has 0 spiro atoms. The Morgan fingerprint density at radius 1 is 1.67 bits per heavy atom. The van der Waals surface area contributed by atoms with E-state index in [4.69, 9.17) is 11.6 Å². The number of carbonyl (C=O) groups is 1. The van der Waals surface area contributed by atoms with E-state index in [1.54, 1.807) is 0 Å². The second-order valence-electron chi connectivity index (χ2n) is 3.59. The molecule has 0 bridgehead atoms. The lowest BCUT2D eigenvalue weighted by molar-refractivity contribution is -0.121. The summed E-state index contributed by atoms with van der Waals surface area (Å²) in [6, 6.07) is 0.327. The van der Waals surface area contributed by atoms with E-state index in [1.165, 1.54) is 12.8 Å². The molecule has 1 unspecified atom stereocenters. The molecule has 70 valence electrons. The van der Waals surface area contributed by atoms with Gasteiger partial charge in [0, 0.05) is 18.3 Å². The Balaban J connectivity index is 2.06. The molecule has 0 heterocycles. The molecule has 1 amide bonds. The molecule has 0 saturated heterocycles. The lowest BCUT2D eigenvalue weighted by atomic mass is 10.1. The third kappa shape index (κ3) is 3.96. The Labute approximate surface area is 78.7 Å². The number of carbonyl (C=O) groups excluding carboxylic acids is 1. The van der Waals surface area contributed by atoms with E-state index in [0.717, 1.165) is 12.3 Å². The van der Waals surface area contributed by atoms with Gasteiger partial charge < -0.3 is 5.32 Å². The SMILES string of the molecule is CC(CC1CC1)NC(=O)CCCl. The first-order valence-corrected chi connectivity index (χ1v) is 5.11. The number of amides is 1. The van der Waals surface area contributed by atoms with Gasteiger partial charge in [-0.3, -0.25) is 4.79 Å². The number of nitrogens with one attached hydrogen (secondary N) is 1. The van der Waals surface area contributed by atoms with Gasteiger partial charge >= 0.3 is 0 Å². The second kappa shape index (κ2) is 4.70. The van der Waals surface area contributed by atoms with Crippen LogP contribution in [0.2, 0.25) is 0 Å². The zero-order valence-electron chi connectivity index (χ0n) is 7.48. The van der Waals surface area contributed by atoms with Gasteiger partial charge in [-0.05, 0) is 19.3 Å². The number of halogens is 1. The Morgan fingerprint density at radius 2 is 2.33 bits per heavy atom. The monoisotopic (exact) mass is 189 g/mol. The molecule has 1 aliphatic rings. The maximum absolute atomic E-state index is 11.1. The highest BCUT2D eigenvalue weighted by Crippen LogP contribution is 2.33. The lowest BCUT2D eigenvalue weighted by Crippen LogP contribution is -2.32. The highest BCUT2D eigenvalue weighted by molar-refractivity contribution is 6.18. The van der Waals surface area contributed by atoms with Crippen molar-refractivity contribution in [2.24, 2.45) is 5.92 Å².